The summed E-state index contributed by atoms with van der Waals surface area (Å²) in [5.74, 6) is 0.120. The summed E-state index contributed by atoms with van der Waals surface area (Å²) in [7, 11) is 0. The van der Waals surface area contributed by atoms with Crippen molar-refractivity contribution in [3.8, 4) is 17.6 Å². The zero-order valence-electron chi connectivity index (χ0n) is 19.6. The Kier molecular flexibility index (Phi) is 11.3. The van der Waals surface area contributed by atoms with Gasteiger partial charge < -0.3 is 19.9 Å². The zero-order chi connectivity index (χ0) is 25.6. The second-order valence-corrected chi connectivity index (χ2v) is 8.32. The van der Waals surface area contributed by atoms with Crippen LogP contribution in [0.4, 0.5) is 5.69 Å². The Morgan fingerprint density at radius 1 is 1.03 bits per heavy atom. The number of benzene rings is 3. The second kappa shape index (κ2) is 14.4. The van der Waals surface area contributed by atoms with Gasteiger partial charge in [0.2, 0.25) is 0 Å². The molecule has 35 heavy (non-hydrogen) atoms. The molecule has 0 bridgehead atoms. The third-order valence-corrected chi connectivity index (χ3v) is 5.03. The number of ketones is 1. The number of nitrogens with zero attached hydrogens (tertiary/aromatic N) is 1. The topological polar surface area (TPSA) is 109 Å². The Morgan fingerprint density at radius 2 is 1.77 bits per heavy atom. The monoisotopic (exact) mass is 538 g/mol. The maximum absolute atomic E-state index is 9.87. The Balaban J connectivity index is 0.000000540. The standard InChI is InChI=1S/C23H21BrN2O2.C4H6O3/c1-2-27-23-12-18(14-25)8-10-21(23)26-15-19-13-20(24)9-11-22(19)28-16-17-6-4-3-5-7-17;1-3(5)2-4(6)7/h3-13,26H,2,15-16H2,1H3;2H2,1H3,(H,6,7). The molecular formula is C27H27BrN2O5. The number of carboxylic acids is 1. The average Bonchev–Trinajstić information content (AvgIpc) is 2.83. The summed E-state index contributed by atoms with van der Waals surface area (Å²) in [6, 6.07) is 23.6. The number of carboxylic acid groups (broad SMARTS) is 1. The van der Waals surface area contributed by atoms with Gasteiger partial charge in [0.1, 0.15) is 30.3 Å². The lowest BCUT2D eigenvalue weighted by atomic mass is 10.1. The Labute approximate surface area is 213 Å². The van der Waals surface area contributed by atoms with Crippen molar-refractivity contribution in [1.82, 2.24) is 0 Å². The molecule has 3 rings (SSSR count). The summed E-state index contributed by atoms with van der Waals surface area (Å²) in [5, 5.41) is 20.4. The molecule has 0 heterocycles. The van der Waals surface area contributed by atoms with Crippen LogP contribution in [0, 0.1) is 11.3 Å². The quantitative estimate of drug-likeness (QED) is 0.306. The first-order valence-electron chi connectivity index (χ1n) is 10.9. The molecule has 3 aromatic carbocycles. The highest BCUT2D eigenvalue weighted by molar-refractivity contribution is 9.10. The van der Waals surface area contributed by atoms with Gasteiger partial charge >= 0.3 is 5.97 Å². The molecule has 0 unspecified atom stereocenters. The van der Waals surface area contributed by atoms with E-state index < -0.39 is 5.97 Å². The first-order chi connectivity index (χ1) is 16.8. The summed E-state index contributed by atoms with van der Waals surface area (Å²) in [6.07, 6.45) is -0.361. The molecular weight excluding hydrogens is 512 g/mol. The van der Waals surface area contributed by atoms with E-state index in [0.29, 0.717) is 31.1 Å². The van der Waals surface area contributed by atoms with E-state index in [1.807, 2.05) is 61.5 Å². The van der Waals surface area contributed by atoms with E-state index in [1.54, 1.807) is 12.1 Å². The van der Waals surface area contributed by atoms with Crippen LogP contribution in [0.2, 0.25) is 0 Å². The van der Waals surface area contributed by atoms with Gasteiger partial charge in [-0.25, -0.2) is 0 Å². The molecule has 0 radical (unpaired) electrons. The van der Waals surface area contributed by atoms with E-state index in [2.05, 4.69) is 27.3 Å². The predicted octanol–water partition coefficient (Wildman–Crippen LogP) is 5.96. The van der Waals surface area contributed by atoms with Crippen LogP contribution in [0.3, 0.4) is 0 Å². The fourth-order valence-corrected chi connectivity index (χ4v) is 3.39. The molecule has 3 aromatic rings. The van der Waals surface area contributed by atoms with Gasteiger partial charge in [0, 0.05) is 22.6 Å². The lowest BCUT2D eigenvalue weighted by molar-refractivity contribution is -0.139. The van der Waals surface area contributed by atoms with Gasteiger partial charge in [-0.3, -0.25) is 9.59 Å². The highest BCUT2D eigenvalue weighted by atomic mass is 79.9. The maximum Gasteiger partial charge on any atom is 0.310 e. The lowest BCUT2D eigenvalue weighted by Gasteiger charge is -2.16. The van der Waals surface area contributed by atoms with Crippen LogP contribution in [-0.2, 0) is 22.7 Å². The minimum atomic E-state index is -1.06. The average molecular weight is 539 g/mol. The normalized spacial score (nSPS) is 9.77. The molecule has 2 N–H and O–H groups in total. The number of rotatable bonds is 10. The molecule has 8 heteroatoms. The summed E-state index contributed by atoms with van der Waals surface area (Å²) < 4.78 is 12.7. The second-order valence-electron chi connectivity index (χ2n) is 7.41. The van der Waals surface area contributed by atoms with Crippen LogP contribution >= 0.6 is 15.9 Å². The fraction of sp³-hybridized carbons (Fsp3) is 0.222. The molecule has 0 atom stereocenters. The maximum atomic E-state index is 9.87. The van der Waals surface area contributed by atoms with Crippen molar-refractivity contribution in [2.75, 3.05) is 11.9 Å². The minimum absolute atomic E-state index is 0.312. The van der Waals surface area contributed by atoms with Gasteiger partial charge in [0.05, 0.1) is 23.9 Å². The molecule has 182 valence electrons. The van der Waals surface area contributed by atoms with Crippen molar-refractivity contribution in [2.45, 2.75) is 33.4 Å². The summed E-state index contributed by atoms with van der Waals surface area (Å²) >= 11 is 3.53. The molecule has 0 aromatic heterocycles. The molecule has 0 aliphatic carbocycles. The summed E-state index contributed by atoms with van der Waals surface area (Å²) in [4.78, 5) is 19.5. The SMILES string of the molecule is CC(=O)CC(=O)O.CCOc1cc(C#N)ccc1NCc1cc(Br)ccc1OCc1ccccc1. The van der Waals surface area contributed by atoms with Crippen LogP contribution < -0.4 is 14.8 Å². The molecule has 0 saturated carbocycles. The van der Waals surface area contributed by atoms with Crippen LogP contribution in [-0.4, -0.2) is 23.5 Å². The third-order valence-electron chi connectivity index (χ3n) is 4.54. The van der Waals surface area contributed by atoms with Crippen LogP contribution in [0.25, 0.3) is 0 Å². The van der Waals surface area contributed by atoms with E-state index >= 15 is 0 Å². The number of hydrogen-bond acceptors (Lipinski definition) is 6. The van der Waals surface area contributed by atoms with Crippen LogP contribution in [0.15, 0.2) is 71.2 Å². The van der Waals surface area contributed by atoms with Gasteiger partial charge in [-0.15, -0.1) is 0 Å². The van der Waals surface area contributed by atoms with Crippen LogP contribution in [0.5, 0.6) is 11.5 Å². The van der Waals surface area contributed by atoms with Crippen molar-refractivity contribution >= 4 is 33.4 Å². The lowest BCUT2D eigenvalue weighted by Crippen LogP contribution is -2.05. The third kappa shape index (κ3) is 9.90. The first-order valence-corrected chi connectivity index (χ1v) is 11.7. The van der Waals surface area contributed by atoms with E-state index in [-0.39, 0.29) is 12.2 Å². The predicted molar refractivity (Wildman–Crippen MR) is 138 cm³/mol. The summed E-state index contributed by atoms with van der Waals surface area (Å²) in [6.45, 7) is 4.78. The van der Waals surface area contributed by atoms with Crippen molar-refractivity contribution < 1.29 is 24.2 Å². The number of carbonyl (C=O) groups excluding carboxylic acids is 1. The molecule has 0 aliphatic heterocycles. The van der Waals surface area contributed by atoms with Crippen molar-refractivity contribution in [3.63, 3.8) is 0 Å². The van der Waals surface area contributed by atoms with E-state index in [4.69, 9.17) is 19.8 Å². The molecule has 0 saturated heterocycles. The molecule has 0 spiro atoms. The van der Waals surface area contributed by atoms with E-state index in [1.165, 1.54) is 6.92 Å². The number of anilines is 1. The molecule has 0 amide bonds. The highest BCUT2D eigenvalue weighted by Crippen LogP contribution is 2.29. The van der Waals surface area contributed by atoms with Crippen LogP contribution in [0.1, 0.15) is 37.0 Å². The number of ether oxygens (including phenoxy) is 2. The number of halogens is 1. The van der Waals surface area contributed by atoms with Crippen molar-refractivity contribution in [2.24, 2.45) is 0 Å². The van der Waals surface area contributed by atoms with Gasteiger partial charge in [0.25, 0.3) is 0 Å². The Morgan fingerprint density at radius 3 is 2.37 bits per heavy atom. The van der Waals surface area contributed by atoms with Gasteiger partial charge in [0.15, 0.2) is 0 Å². The number of hydrogen-bond donors (Lipinski definition) is 2. The van der Waals surface area contributed by atoms with E-state index in [9.17, 15) is 9.59 Å². The fourth-order valence-electron chi connectivity index (χ4n) is 2.98. The largest absolute Gasteiger partial charge is 0.492 e. The molecule has 0 fully saturated rings. The Bertz CT molecular complexity index is 1160. The molecule has 0 aliphatic rings. The van der Waals surface area contributed by atoms with Crippen molar-refractivity contribution in [1.29, 1.82) is 5.26 Å². The van der Waals surface area contributed by atoms with Gasteiger partial charge in [-0.05, 0) is 49.7 Å². The summed E-state index contributed by atoms with van der Waals surface area (Å²) in [5.41, 5.74) is 3.56. The number of Topliss-reactive ketones (excluding diaryl/α,β-unsaturated/α-hetero) is 1. The Hall–Kier alpha value is -3.83. The van der Waals surface area contributed by atoms with Gasteiger partial charge in [-0.2, -0.15) is 5.26 Å². The smallest absolute Gasteiger partial charge is 0.310 e. The molecule has 7 nitrogen and oxygen atoms in total. The highest BCUT2D eigenvalue weighted by Gasteiger charge is 2.09. The number of nitriles is 1. The number of carbonyl (C=O) groups is 2. The van der Waals surface area contributed by atoms with Gasteiger partial charge in [-0.1, -0.05) is 46.3 Å². The zero-order valence-corrected chi connectivity index (χ0v) is 21.2. The van der Waals surface area contributed by atoms with Crippen molar-refractivity contribution in [3.05, 3.63) is 87.9 Å². The number of aliphatic carboxylic acids is 1. The first kappa shape index (κ1) is 27.4. The number of nitrogens with one attached hydrogen (secondary N) is 1. The van der Waals surface area contributed by atoms with E-state index in [0.717, 1.165) is 27.0 Å². The minimum Gasteiger partial charge on any atom is -0.492 e.